The van der Waals surface area contributed by atoms with Crippen molar-refractivity contribution in [1.29, 1.82) is 0 Å². The number of carbonyl (C=O) groups is 2. The molecule has 0 fully saturated rings. The molecule has 0 bridgehead atoms. The maximum absolute atomic E-state index is 12.6. The van der Waals surface area contributed by atoms with E-state index in [0.717, 1.165) is 11.0 Å². The van der Waals surface area contributed by atoms with Crippen molar-refractivity contribution < 1.29 is 24.0 Å². The monoisotopic (exact) mass is 380 g/mol. The number of ether oxygens (including phenoxy) is 2. The van der Waals surface area contributed by atoms with Crippen molar-refractivity contribution >= 4 is 29.5 Å². The SMILES string of the molecule is CC(C)(C)OC(=O)N=C(N)N(C(=O)OC(C)(C)C)c1cccc([N+](=O)[O-])c1. The summed E-state index contributed by atoms with van der Waals surface area (Å²) in [6, 6.07) is 5.12. The molecule has 1 rings (SSSR count). The van der Waals surface area contributed by atoms with Crippen molar-refractivity contribution in [1.82, 2.24) is 0 Å². The van der Waals surface area contributed by atoms with Crippen molar-refractivity contribution in [2.24, 2.45) is 10.7 Å². The van der Waals surface area contributed by atoms with Crippen molar-refractivity contribution in [2.45, 2.75) is 52.7 Å². The van der Waals surface area contributed by atoms with E-state index in [4.69, 9.17) is 15.2 Å². The van der Waals surface area contributed by atoms with Crippen molar-refractivity contribution in [3.05, 3.63) is 34.4 Å². The van der Waals surface area contributed by atoms with Crippen LogP contribution in [0.5, 0.6) is 0 Å². The van der Waals surface area contributed by atoms with E-state index in [1.54, 1.807) is 41.5 Å². The molecule has 0 heterocycles. The number of anilines is 1. The molecule has 0 saturated carbocycles. The number of benzene rings is 1. The van der Waals surface area contributed by atoms with Crippen LogP contribution in [0.2, 0.25) is 0 Å². The van der Waals surface area contributed by atoms with Gasteiger partial charge in [-0.3, -0.25) is 10.1 Å². The number of nitro groups is 1. The standard InChI is InChI=1S/C17H24N4O6/c1-16(2,3)26-14(22)19-13(18)20(15(23)27-17(4,5)6)11-8-7-9-12(10-11)21(24)25/h7-10H,1-6H3,(H2,18,19,22). The highest BCUT2D eigenvalue weighted by atomic mass is 16.6. The Morgan fingerprint density at radius 1 is 1.11 bits per heavy atom. The third-order valence-corrected chi connectivity index (χ3v) is 2.70. The van der Waals surface area contributed by atoms with Gasteiger partial charge in [0.25, 0.3) is 5.69 Å². The summed E-state index contributed by atoms with van der Waals surface area (Å²) >= 11 is 0. The van der Waals surface area contributed by atoms with E-state index < -0.39 is 34.3 Å². The van der Waals surface area contributed by atoms with Crippen LogP contribution in [0.25, 0.3) is 0 Å². The summed E-state index contributed by atoms with van der Waals surface area (Å²) in [7, 11) is 0. The number of nitrogens with zero attached hydrogens (tertiary/aromatic N) is 3. The van der Waals surface area contributed by atoms with Crippen molar-refractivity contribution in [3.63, 3.8) is 0 Å². The van der Waals surface area contributed by atoms with E-state index >= 15 is 0 Å². The number of aliphatic imine (C=N–C) groups is 1. The summed E-state index contributed by atoms with van der Waals surface area (Å²) in [6.07, 6.45) is -1.97. The topological polar surface area (TPSA) is 137 Å². The van der Waals surface area contributed by atoms with Gasteiger partial charge in [-0.15, -0.1) is 4.99 Å². The Morgan fingerprint density at radius 2 is 1.67 bits per heavy atom. The molecule has 0 aliphatic rings. The smallest absolute Gasteiger partial charge is 0.437 e. The number of hydrogen-bond acceptors (Lipinski definition) is 6. The molecular weight excluding hydrogens is 356 g/mol. The Bertz CT molecular complexity index is 761. The summed E-state index contributed by atoms with van der Waals surface area (Å²) in [6.45, 7) is 9.83. The number of non-ortho nitro benzene ring substituents is 1. The minimum absolute atomic E-state index is 0.0169. The van der Waals surface area contributed by atoms with Crippen LogP contribution in [-0.4, -0.2) is 34.3 Å². The van der Waals surface area contributed by atoms with Gasteiger partial charge < -0.3 is 15.2 Å². The van der Waals surface area contributed by atoms with Gasteiger partial charge in [-0.05, 0) is 47.6 Å². The highest BCUT2D eigenvalue weighted by Crippen LogP contribution is 2.23. The number of hydrogen-bond donors (Lipinski definition) is 1. The van der Waals surface area contributed by atoms with E-state index in [9.17, 15) is 19.7 Å². The summed E-state index contributed by atoms with van der Waals surface area (Å²) in [4.78, 5) is 39.2. The van der Waals surface area contributed by atoms with Gasteiger partial charge in [0.2, 0.25) is 5.96 Å². The quantitative estimate of drug-likeness (QED) is 0.358. The van der Waals surface area contributed by atoms with Gasteiger partial charge in [0.15, 0.2) is 0 Å². The fourth-order valence-corrected chi connectivity index (χ4v) is 1.81. The molecule has 2 N–H and O–H groups in total. The molecule has 0 aliphatic heterocycles. The summed E-state index contributed by atoms with van der Waals surface area (Å²) in [5, 5.41) is 11.0. The summed E-state index contributed by atoms with van der Waals surface area (Å²) < 4.78 is 10.3. The lowest BCUT2D eigenvalue weighted by Crippen LogP contribution is -2.45. The molecular formula is C17H24N4O6. The number of nitro benzene ring substituents is 1. The largest absolute Gasteiger partial charge is 0.443 e. The minimum Gasteiger partial charge on any atom is -0.443 e. The molecule has 0 radical (unpaired) electrons. The zero-order chi connectivity index (χ0) is 21.0. The van der Waals surface area contributed by atoms with Gasteiger partial charge in [-0.25, -0.2) is 14.5 Å². The maximum Gasteiger partial charge on any atom is 0.437 e. The van der Waals surface area contributed by atoms with Gasteiger partial charge >= 0.3 is 12.2 Å². The fraction of sp³-hybridized carbons (Fsp3) is 0.471. The first-order chi connectivity index (χ1) is 12.2. The molecule has 1 aromatic carbocycles. The van der Waals surface area contributed by atoms with E-state index in [-0.39, 0.29) is 11.4 Å². The second kappa shape index (κ2) is 8.02. The Hall–Kier alpha value is -3.17. The molecule has 10 heteroatoms. The van der Waals surface area contributed by atoms with E-state index in [1.807, 2.05) is 0 Å². The first-order valence-corrected chi connectivity index (χ1v) is 8.04. The van der Waals surface area contributed by atoms with Gasteiger partial charge in [-0.1, -0.05) is 6.07 Å². The van der Waals surface area contributed by atoms with Crippen LogP contribution in [0.3, 0.4) is 0 Å². The molecule has 0 spiro atoms. The minimum atomic E-state index is -1.01. The van der Waals surface area contributed by atoms with E-state index in [0.29, 0.717) is 0 Å². The second-order valence-corrected chi connectivity index (χ2v) is 7.54. The van der Waals surface area contributed by atoms with Gasteiger partial charge in [0.1, 0.15) is 11.2 Å². The number of carbonyl (C=O) groups excluding carboxylic acids is 2. The molecule has 0 aliphatic carbocycles. The Balaban J connectivity index is 3.33. The van der Waals surface area contributed by atoms with Crippen molar-refractivity contribution in [3.8, 4) is 0 Å². The molecule has 1 aromatic rings. The Morgan fingerprint density at radius 3 is 2.15 bits per heavy atom. The maximum atomic E-state index is 12.6. The third-order valence-electron chi connectivity index (χ3n) is 2.70. The molecule has 148 valence electrons. The fourth-order valence-electron chi connectivity index (χ4n) is 1.81. The van der Waals surface area contributed by atoms with Crippen LogP contribution in [-0.2, 0) is 9.47 Å². The normalized spacial score (nSPS) is 12.3. The lowest BCUT2D eigenvalue weighted by Gasteiger charge is -2.26. The molecule has 0 saturated heterocycles. The average Bonchev–Trinajstić information content (AvgIpc) is 2.43. The zero-order valence-electron chi connectivity index (χ0n) is 16.2. The van der Waals surface area contributed by atoms with Gasteiger partial charge in [0.05, 0.1) is 10.6 Å². The third kappa shape index (κ3) is 7.30. The molecule has 0 aromatic heterocycles. The average molecular weight is 380 g/mol. The van der Waals surface area contributed by atoms with Gasteiger partial charge in [0, 0.05) is 12.1 Å². The number of guanidine groups is 1. The van der Waals surface area contributed by atoms with Crippen LogP contribution in [0.1, 0.15) is 41.5 Å². The number of amides is 2. The van der Waals surface area contributed by atoms with E-state index in [2.05, 4.69) is 4.99 Å². The molecule has 2 amide bonds. The molecule has 0 atom stereocenters. The predicted molar refractivity (Wildman–Crippen MR) is 99.7 cm³/mol. The highest BCUT2D eigenvalue weighted by Gasteiger charge is 2.28. The van der Waals surface area contributed by atoms with Crippen LogP contribution < -0.4 is 10.6 Å². The summed E-state index contributed by atoms with van der Waals surface area (Å²) in [5.41, 5.74) is 3.88. The van der Waals surface area contributed by atoms with Crippen LogP contribution in [0.4, 0.5) is 21.0 Å². The summed E-state index contributed by atoms with van der Waals surface area (Å²) in [5.74, 6) is -0.543. The van der Waals surface area contributed by atoms with Crippen LogP contribution in [0.15, 0.2) is 29.3 Å². The van der Waals surface area contributed by atoms with Crippen LogP contribution in [0, 0.1) is 10.1 Å². The second-order valence-electron chi connectivity index (χ2n) is 7.54. The molecule has 0 unspecified atom stereocenters. The number of rotatable bonds is 2. The van der Waals surface area contributed by atoms with Crippen LogP contribution >= 0.6 is 0 Å². The zero-order valence-corrected chi connectivity index (χ0v) is 16.2. The molecule has 10 nitrogen and oxygen atoms in total. The van der Waals surface area contributed by atoms with Gasteiger partial charge in [-0.2, -0.15) is 0 Å². The Kier molecular flexibility index (Phi) is 6.50. The highest BCUT2D eigenvalue weighted by molar-refractivity contribution is 6.15. The van der Waals surface area contributed by atoms with E-state index in [1.165, 1.54) is 18.2 Å². The number of nitrogens with two attached hydrogens (primary N) is 1. The lowest BCUT2D eigenvalue weighted by molar-refractivity contribution is -0.384. The Labute approximate surface area is 157 Å². The first kappa shape index (κ1) is 21.9. The van der Waals surface area contributed by atoms with Crippen molar-refractivity contribution in [2.75, 3.05) is 4.90 Å². The molecule has 27 heavy (non-hydrogen) atoms. The first-order valence-electron chi connectivity index (χ1n) is 8.04. The predicted octanol–water partition coefficient (Wildman–Crippen LogP) is 3.59. The lowest BCUT2D eigenvalue weighted by atomic mass is 10.2.